The van der Waals surface area contributed by atoms with Crippen molar-refractivity contribution < 1.29 is 18.3 Å². The molecule has 0 unspecified atom stereocenters. The van der Waals surface area contributed by atoms with Gasteiger partial charge in [-0.2, -0.15) is 0 Å². The molecule has 0 saturated heterocycles. The molecule has 0 saturated carbocycles. The van der Waals surface area contributed by atoms with Crippen molar-refractivity contribution in [3.05, 3.63) is 83.4 Å². The van der Waals surface area contributed by atoms with Gasteiger partial charge in [-0.05, 0) is 55.0 Å². The average Bonchev–Trinajstić information content (AvgIpc) is 3.15. The molecule has 0 radical (unpaired) electrons. The Morgan fingerprint density at radius 1 is 1.12 bits per heavy atom. The number of halogens is 2. The van der Waals surface area contributed by atoms with Gasteiger partial charge in [-0.3, -0.25) is 4.79 Å². The van der Waals surface area contributed by atoms with E-state index in [-0.39, 0.29) is 5.56 Å². The monoisotopic (exact) mass is 450 g/mol. The molecule has 6 nitrogen and oxygen atoms in total. The predicted octanol–water partition coefficient (Wildman–Crippen LogP) is 5.61. The Bertz CT molecular complexity index is 1310. The number of amides is 1. The summed E-state index contributed by atoms with van der Waals surface area (Å²) in [6, 6.07) is 18.2. The quantitative estimate of drug-likeness (QED) is 0.384. The van der Waals surface area contributed by atoms with Gasteiger partial charge in [-0.15, -0.1) is 0 Å². The number of hydrogen-bond donors (Lipinski definition) is 2. The Labute approximate surface area is 190 Å². The summed E-state index contributed by atoms with van der Waals surface area (Å²) in [5, 5.41) is 3.26. The molecule has 170 valence electrons. The van der Waals surface area contributed by atoms with E-state index in [1.165, 1.54) is 6.07 Å². The van der Waals surface area contributed by atoms with Crippen LogP contribution < -0.4 is 15.8 Å². The van der Waals surface area contributed by atoms with Crippen molar-refractivity contribution in [3.8, 4) is 5.75 Å². The number of aromatic nitrogens is 2. The molecule has 1 heterocycles. The Balaban J connectivity index is 1.88. The van der Waals surface area contributed by atoms with Crippen LogP contribution in [0.5, 0.6) is 5.75 Å². The van der Waals surface area contributed by atoms with E-state index in [1.54, 1.807) is 55.6 Å². The van der Waals surface area contributed by atoms with Crippen molar-refractivity contribution in [3.63, 3.8) is 0 Å². The van der Waals surface area contributed by atoms with Crippen LogP contribution >= 0.6 is 0 Å². The van der Waals surface area contributed by atoms with Crippen LogP contribution in [0.25, 0.3) is 11.0 Å². The van der Waals surface area contributed by atoms with Crippen LogP contribution in [0.1, 0.15) is 41.4 Å². The highest BCUT2D eigenvalue weighted by atomic mass is 19.3. The molecule has 3 aromatic carbocycles. The van der Waals surface area contributed by atoms with Gasteiger partial charge < -0.3 is 20.4 Å². The molecule has 1 aromatic heterocycles. The molecule has 0 aliphatic carbocycles. The van der Waals surface area contributed by atoms with Gasteiger partial charge >= 0.3 is 0 Å². The second kappa shape index (κ2) is 8.54. The number of hydrogen-bond acceptors (Lipinski definition) is 4. The minimum Gasteiger partial charge on any atom is -0.497 e. The maximum absolute atomic E-state index is 14.4. The molecule has 33 heavy (non-hydrogen) atoms. The number of nitrogens with two attached hydrogens (primary N) is 1. The van der Waals surface area contributed by atoms with E-state index < -0.39 is 17.9 Å². The van der Waals surface area contributed by atoms with Gasteiger partial charge in [0.05, 0.1) is 24.2 Å². The summed E-state index contributed by atoms with van der Waals surface area (Å²) in [5.41, 5.74) is 8.11. The first-order chi connectivity index (χ1) is 15.7. The van der Waals surface area contributed by atoms with Crippen molar-refractivity contribution in [2.45, 2.75) is 25.8 Å². The Morgan fingerprint density at radius 3 is 2.45 bits per heavy atom. The summed E-state index contributed by atoms with van der Waals surface area (Å²) in [5.74, 6) is -2.43. The molecule has 4 rings (SSSR count). The number of nitrogens with one attached hydrogen (secondary N) is 1. The summed E-state index contributed by atoms with van der Waals surface area (Å²) in [6.45, 7) is 2.73. The lowest BCUT2D eigenvalue weighted by Crippen LogP contribution is -2.17. The molecule has 0 aliphatic rings. The van der Waals surface area contributed by atoms with Gasteiger partial charge in [0.25, 0.3) is 5.92 Å². The van der Waals surface area contributed by atoms with Gasteiger partial charge in [0.1, 0.15) is 5.75 Å². The van der Waals surface area contributed by atoms with Crippen LogP contribution in [0.4, 0.5) is 20.4 Å². The normalized spacial score (nSPS) is 12.5. The second-order valence-electron chi connectivity index (χ2n) is 7.88. The van der Waals surface area contributed by atoms with Crippen LogP contribution in [0, 0.1) is 0 Å². The van der Waals surface area contributed by atoms with E-state index in [9.17, 15) is 13.6 Å². The first-order valence-electron chi connectivity index (χ1n) is 10.4. The molecular formula is C25H24F2N4O2. The van der Waals surface area contributed by atoms with Crippen molar-refractivity contribution in [1.82, 2.24) is 9.55 Å². The van der Waals surface area contributed by atoms with E-state index in [4.69, 9.17) is 10.5 Å². The van der Waals surface area contributed by atoms with E-state index in [1.807, 2.05) is 23.6 Å². The largest absolute Gasteiger partial charge is 0.497 e. The molecule has 0 fully saturated rings. The van der Waals surface area contributed by atoms with E-state index >= 15 is 0 Å². The number of rotatable bonds is 7. The molecule has 0 bridgehead atoms. The molecule has 1 atom stereocenters. The molecule has 4 aromatic rings. The first kappa shape index (κ1) is 22.3. The molecule has 0 spiro atoms. The number of alkyl halides is 2. The molecule has 1 amide bonds. The fourth-order valence-corrected chi connectivity index (χ4v) is 3.94. The zero-order valence-electron chi connectivity index (χ0n) is 18.5. The van der Waals surface area contributed by atoms with E-state index in [0.29, 0.717) is 33.9 Å². The SMILES string of the molecule is COc1ccc(Nc2nc3cc(C(N)=O)ccc3n2[C@@H](C)c2ccccc2C(C)(F)F)cc1. The number of nitrogens with zero attached hydrogens (tertiary/aromatic N) is 2. The van der Waals surface area contributed by atoms with Crippen LogP contribution in [0.15, 0.2) is 66.7 Å². The fourth-order valence-electron chi connectivity index (χ4n) is 3.94. The van der Waals surface area contributed by atoms with Crippen LogP contribution in [0.2, 0.25) is 0 Å². The predicted molar refractivity (Wildman–Crippen MR) is 124 cm³/mol. The summed E-state index contributed by atoms with van der Waals surface area (Å²) in [4.78, 5) is 16.3. The van der Waals surface area contributed by atoms with Crippen LogP contribution in [0.3, 0.4) is 0 Å². The number of carbonyl (C=O) groups is 1. The van der Waals surface area contributed by atoms with Crippen molar-refractivity contribution in [2.24, 2.45) is 5.73 Å². The lowest BCUT2D eigenvalue weighted by Gasteiger charge is -2.23. The van der Waals surface area contributed by atoms with E-state index in [2.05, 4.69) is 10.3 Å². The highest BCUT2D eigenvalue weighted by molar-refractivity contribution is 5.96. The average molecular weight is 450 g/mol. The molecule has 0 aliphatic heterocycles. The summed E-state index contributed by atoms with van der Waals surface area (Å²) >= 11 is 0. The van der Waals surface area contributed by atoms with Crippen molar-refractivity contribution >= 4 is 28.6 Å². The van der Waals surface area contributed by atoms with E-state index in [0.717, 1.165) is 12.6 Å². The van der Waals surface area contributed by atoms with Crippen molar-refractivity contribution in [1.29, 1.82) is 0 Å². The number of ether oxygens (including phenoxy) is 1. The standard InChI is InChI=1S/C25H24F2N4O2/c1-15(19-6-4-5-7-20(19)25(2,26)27)31-22-13-8-16(23(28)32)14-21(22)30-24(31)29-17-9-11-18(33-3)12-10-17/h4-15H,1-3H3,(H2,28,32)(H,29,30)/t15-/m0/s1. The third-order valence-electron chi connectivity index (χ3n) is 5.59. The third-order valence-corrected chi connectivity index (χ3v) is 5.59. The van der Waals surface area contributed by atoms with Crippen LogP contribution in [-0.4, -0.2) is 22.6 Å². The highest BCUT2D eigenvalue weighted by Gasteiger charge is 2.30. The summed E-state index contributed by atoms with van der Waals surface area (Å²) in [6.07, 6.45) is 0. The number of methoxy groups -OCH3 is 1. The molecule has 8 heteroatoms. The van der Waals surface area contributed by atoms with Gasteiger partial charge in [0.2, 0.25) is 11.9 Å². The number of carbonyl (C=O) groups excluding carboxylic acids is 1. The Hall–Kier alpha value is -3.94. The lowest BCUT2D eigenvalue weighted by molar-refractivity contribution is 0.0161. The van der Waals surface area contributed by atoms with Gasteiger partial charge in [-0.1, -0.05) is 24.3 Å². The molecular weight excluding hydrogens is 426 g/mol. The maximum Gasteiger partial charge on any atom is 0.270 e. The topological polar surface area (TPSA) is 82.2 Å². The molecule has 3 N–H and O–H groups in total. The minimum atomic E-state index is -3.01. The number of fused-ring (bicyclic) bond motifs is 1. The minimum absolute atomic E-state index is 0.0523. The second-order valence-corrected chi connectivity index (χ2v) is 7.88. The fraction of sp³-hybridized carbons (Fsp3) is 0.200. The number of benzene rings is 3. The smallest absolute Gasteiger partial charge is 0.270 e. The number of imidazole rings is 1. The maximum atomic E-state index is 14.4. The van der Waals surface area contributed by atoms with Gasteiger partial charge in [0, 0.05) is 23.7 Å². The third kappa shape index (κ3) is 4.37. The lowest BCUT2D eigenvalue weighted by atomic mass is 9.97. The van der Waals surface area contributed by atoms with Gasteiger partial charge in [0.15, 0.2) is 0 Å². The van der Waals surface area contributed by atoms with Crippen LogP contribution in [-0.2, 0) is 5.92 Å². The summed E-state index contributed by atoms with van der Waals surface area (Å²) in [7, 11) is 1.58. The van der Waals surface area contributed by atoms with Gasteiger partial charge in [-0.25, -0.2) is 13.8 Å². The first-order valence-corrected chi connectivity index (χ1v) is 10.4. The summed E-state index contributed by atoms with van der Waals surface area (Å²) < 4.78 is 35.8. The highest BCUT2D eigenvalue weighted by Crippen LogP contribution is 2.37. The zero-order chi connectivity index (χ0) is 23.8. The number of anilines is 2. The zero-order valence-corrected chi connectivity index (χ0v) is 18.5. The Morgan fingerprint density at radius 2 is 1.82 bits per heavy atom. The Kier molecular flexibility index (Phi) is 5.76. The number of primary amides is 1. The van der Waals surface area contributed by atoms with Crippen molar-refractivity contribution in [2.75, 3.05) is 12.4 Å².